The van der Waals surface area contributed by atoms with Crippen molar-refractivity contribution < 1.29 is 51.7 Å². The number of likely N-dealkylation sites (tertiary alicyclic amines) is 1. The maximum absolute atomic E-state index is 12.5. The van der Waals surface area contributed by atoms with Crippen LogP contribution in [0, 0.1) is 17.3 Å². The molecule has 0 aromatic heterocycles. The Bertz CT molecular complexity index is 881. The van der Waals surface area contributed by atoms with Crippen LogP contribution in [0.4, 0.5) is 13.2 Å². The highest BCUT2D eigenvalue weighted by molar-refractivity contribution is 5.88. The first kappa shape index (κ1) is 33.9. The number of carbonyl (C=O) groups is 5. The molecule has 0 spiro atoms. The van der Waals surface area contributed by atoms with Gasteiger partial charge in [0.2, 0.25) is 18.6 Å². The molecular formula is C25H38F3N3O8. The van der Waals surface area contributed by atoms with E-state index in [0.29, 0.717) is 25.4 Å². The Morgan fingerprint density at radius 3 is 2.23 bits per heavy atom. The number of nitrogens with one attached hydrogen (secondary N) is 2. The summed E-state index contributed by atoms with van der Waals surface area (Å²) in [4.78, 5) is 59.0. The maximum atomic E-state index is 12.5. The summed E-state index contributed by atoms with van der Waals surface area (Å²) in [5.74, 6) is -3.85. The molecule has 14 heteroatoms. The van der Waals surface area contributed by atoms with Crippen molar-refractivity contribution >= 4 is 29.7 Å². The summed E-state index contributed by atoms with van der Waals surface area (Å²) in [5, 5.41) is 13.2. The number of piperidine rings is 2. The third kappa shape index (κ3) is 14.0. The molecule has 39 heavy (non-hydrogen) atoms. The van der Waals surface area contributed by atoms with Crippen LogP contribution in [-0.4, -0.2) is 85.4 Å². The summed E-state index contributed by atoms with van der Waals surface area (Å²) in [5.41, 5.74) is -0.668. The van der Waals surface area contributed by atoms with Crippen molar-refractivity contribution in [3.8, 4) is 0 Å². The van der Waals surface area contributed by atoms with E-state index in [1.807, 2.05) is 6.08 Å². The summed E-state index contributed by atoms with van der Waals surface area (Å²) in [6.45, 7) is 7.80. The molecule has 0 unspecified atom stereocenters. The van der Waals surface area contributed by atoms with Crippen LogP contribution in [0.2, 0.25) is 0 Å². The van der Waals surface area contributed by atoms with Crippen LogP contribution in [0.15, 0.2) is 12.2 Å². The quantitative estimate of drug-likeness (QED) is 0.228. The fourth-order valence-corrected chi connectivity index (χ4v) is 3.62. The summed E-state index contributed by atoms with van der Waals surface area (Å²) < 4.78 is 41.5. The molecule has 11 nitrogen and oxygen atoms in total. The molecule has 2 aliphatic heterocycles. The minimum atomic E-state index is -5.08. The monoisotopic (exact) mass is 565 g/mol. The standard InChI is InChI=1S/C23H37N3O6.C2HF3O2/c1-23(2,3)22(30)32-16-31-20(28)10-13-25-21(29)18-5-4-14-26(15-18)19(27)7-6-17-8-11-24-12-9-17;3-2(4,5)1(6)7/h6-7,17-18,24H,4-5,8-16H2,1-3H3,(H,25,29);(H,6,7)/b7-6+;/t18-;/m1./s1. The Hall–Kier alpha value is -3.16. The first-order valence-electron chi connectivity index (χ1n) is 12.7. The third-order valence-corrected chi connectivity index (χ3v) is 5.89. The van der Waals surface area contributed by atoms with Crippen molar-refractivity contribution in [3.63, 3.8) is 0 Å². The van der Waals surface area contributed by atoms with Gasteiger partial charge in [-0.25, -0.2) is 4.79 Å². The summed E-state index contributed by atoms with van der Waals surface area (Å²) in [6, 6.07) is 0. The van der Waals surface area contributed by atoms with E-state index in [0.717, 1.165) is 32.4 Å². The molecule has 0 bridgehead atoms. The SMILES string of the molecule is CC(C)(C)C(=O)OCOC(=O)CCNC(=O)[C@@H]1CCCN(C(=O)/C=C/C2CCNCC2)C1.O=C(O)C(F)(F)F. The molecule has 3 N–H and O–H groups in total. The fourth-order valence-electron chi connectivity index (χ4n) is 3.62. The van der Waals surface area contributed by atoms with Gasteiger partial charge in [0.25, 0.3) is 0 Å². The van der Waals surface area contributed by atoms with E-state index in [1.165, 1.54) is 0 Å². The predicted molar refractivity (Wildman–Crippen MR) is 132 cm³/mol. The Labute approximate surface area is 225 Å². The number of nitrogens with zero attached hydrogens (tertiary/aromatic N) is 1. The zero-order valence-electron chi connectivity index (χ0n) is 22.5. The first-order valence-corrected chi connectivity index (χ1v) is 12.7. The van der Waals surface area contributed by atoms with Gasteiger partial charge in [-0.15, -0.1) is 0 Å². The molecule has 0 aliphatic carbocycles. The van der Waals surface area contributed by atoms with Crippen LogP contribution in [0.5, 0.6) is 0 Å². The Balaban J connectivity index is 0.000000956. The van der Waals surface area contributed by atoms with Crippen molar-refractivity contribution in [1.29, 1.82) is 0 Å². The van der Waals surface area contributed by atoms with E-state index >= 15 is 0 Å². The van der Waals surface area contributed by atoms with Gasteiger partial charge in [0, 0.05) is 19.6 Å². The number of carbonyl (C=O) groups excluding carboxylic acids is 4. The molecule has 2 aliphatic rings. The molecule has 2 rings (SSSR count). The van der Waals surface area contributed by atoms with Gasteiger partial charge in [-0.05, 0) is 71.5 Å². The maximum Gasteiger partial charge on any atom is 0.490 e. The third-order valence-electron chi connectivity index (χ3n) is 5.89. The van der Waals surface area contributed by atoms with Crippen LogP contribution in [0.3, 0.4) is 0 Å². The predicted octanol–water partition coefficient (Wildman–Crippen LogP) is 2.01. The van der Waals surface area contributed by atoms with Crippen molar-refractivity contribution in [2.75, 3.05) is 39.5 Å². The minimum Gasteiger partial charge on any atom is -0.475 e. The van der Waals surface area contributed by atoms with Gasteiger partial charge in [-0.2, -0.15) is 13.2 Å². The molecule has 0 radical (unpaired) electrons. The number of rotatable bonds is 8. The number of alkyl halides is 3. The second kappa shape index (κ2) is 16.1. The van der Waals surface area contributed by atoms with Crippen molar-refractivity contribution in [3.05, 3.63) is 12.2 Å². The molecule has 2 fully saturated rings. The van der Waals surface area contributed by atoms with Crippen molar-refractivity contribution in [2.45, 2.75) is 59.1 Å². The molecule has 0 saturated carbocycles. The lowest BCUT2D eigenvalue weighted by molar-refractivity contribution is -0.192. The first-order chi connectivity index (χ1) is 18.1. The number of allylic oxidation sites excluding steroid dienone is 1. The van der Waals surface area contributed by atoms with E-state index in [4.69, 9.17) is 19.4 Å². The lowest BCUT2D eigenvalue weighted by Gasteiger charge is -2.31. The van der Waals surface area contributed by atoms with Gasteiger partial charge in [0.1, 0.15) is 0 Å². The second-order valence-electron chi connectivity index (χ2n) is 10.2. The minimum absolute atomic E-state index is 0.0207. The van der Waals surface area contributed by atoms with Crippen LogP contribution in [0.1, 0.15) is 52.9 Å². The van der Waals surface area contributed by atoms with E-state index in [1.54, 1.807) is 31.7 Å². The fraction of sp³-hybridized carbons (Fsp3) is 0.720. The van der Waals surface area contributed by atoms with E-state index in [9.17, 15) is 32.3 Å². The lowest BCUT2D eigenvalue weighted by atomic mass is 9.96. The normalized spacial score (nSPS) is 18.5. The van der Waals surface area contributed by atoms with E-state index in [-0.39, 0.29) is 30.7 Å². The number of hydrogen-bond donors (Lipinski definition) is 3. The smallest absolute Gasteiger partial charge is 0.475 e. The number of ether oxygens (including phenoxy) is 2. The van der Waals surface area contributed by atoms with Gasteiger partial charge >= 0.3 is 24.1 Å². The number of aliphatic carboxylic acids is 1. The topological polar surface area (TPSA) is 151 Å². The van der Waals surface area contributed by atoms with Crippen molar-refractivity contribution in [2.24, 2.45) is 17.3 Å². The zero-order valence-corrected chi connectivity index (χ0v) is 22.5. The molecule has 0 aromatic rings. The molecule has 2 amide bonds. The molecule has 1 atom stereocenters. The lowest BCUT2D eigenvalue weighted by Crippen LogP contribution is -2.45. The van der Waals surface area contributed by atoms with Gasteiger partial charge in [0.05, 0.1) is 17.8 Å². The van der Waals surface area contributed by atoms with E-state index in [2.05, 4.69) is 10.6 Å². The molecule has 2 heterocycles. The Kier molecular flexibility index (Phi) is 13.9. The number of halogens is 3. The molecular weight excluding hydrogens is 527 g/mol. The van der Waals surface area contributed by atoms with Gasteiger partial charge in [0.15, 0.2) is 0 Å². The van der Waals surface area contributed by atoms with Crippen LogP contribution in [0.25, 0.3) is 0 Å². The van der Waals surface area contributed by atoms with Crippen molar-refractivity contribution in [1.82, 2.24) is 15.5 Å². The van der Waals surface area contributed by atoms with Crippen LogP contribution < -0.4 is 10.6 Å². The average Bonchev–Trinajstić information content (AvgIpc) is 2.87. The van der Waals surface area contributed by atoms with Gasteiger partial charge in [-0.3, -0.25) is 19.2 Å². The number of amides is 2. The highest BCUT2D eigenvalue weighted by Crippen LogP contribution is 2.19. The summed E-state index contributed by atoms with van der Waals surface area (Å²) in [7, 11) is 0. The molecule has 222 valence electrons. The van der Waals surface area contributed by atoms with Gasteiger partial charge < -0.3 is 30.1 Å². The summed E-state index contributed by atoms with van der Waals surface area (Å²) in [6.07, 6.45) is 2.10. The number of carboxylic acid groups (broad SMARTS) is 1. The van der Waals surface area contributed by atoms with Crippen LogP contribution in [-0.2, 0) is 33.4 Å². The second-order valence-corrected chi connectivity index (χ2v) is 10.2. The Morgan fingerprint density at radius 1 is 1.05 bits per heavy atom. The highest BCUT2D eigenvalue weighted by atomic mass is 19.4. The van der Waals surface area contributed by atoms with Crippen LogP contribution >= 0.6 is 0 Å². The summed E-state index contributed by atoms with van der Waals surface area (Å²) >= 11 is 0. The highest BCUT2D eigenvalue weighted by Gasteiger charge is 2.38. The van der Waals surface area contributed by atoms with Gasteiger partial charge in [-0.1, -0.05) is 6.08 Å². The molecule has 2 saturated heterocycles. The largest absolute Gasteiger partial charge is 0.490 e. The molecule has 0 aromatic carbocycles. The number of esters is 2. The number of hydrogen-bond acceptors (Lipinski definition) is 8. The zero-order chi connectivity index (χ0) is 29.6. The van der Waals surface area contributed by atoms with E-state index < -0.39 is 36.3 Å². The average molecular weight is 566 g/mol. The number of carboxylic acids is 1. The Morgan fingerprint density at radius 2 is 1.67 bits per heavy atom.